The van der Waals surface area contributed by atoms with E-state index in [1.807, 2.05) is 6.07 Å². The molecule has 1 heterocycles. The fourth-order valence-electron chi connectivity index (χ4n) is 2.16. The molecular formula is C11H16ClN3. The fourth-order valence-corrected chi connectivity index (χ4v) is 2.33. The lowest BCUT2D eigenvalue weighted by Crippen LogP contribution is -2.30. The van der Waals surface area contributed by atoms with Gasteiger partial charge in [-0.3, -0.25) is 0 Å². The highest BCUT2D eigenvalue weighted by atomic mass is 35.5. The van der Waals surface area contributed by atoms with E-state index in [4.69, 9.17) is 11.6 Å². The molecule has 1 fully saturated rings. The normalized spacial score (nSPS) is 26.3. The first-order chi connectivity index (χ1) is 7.25. The Bertz CT molecular complexity index is 329. The minimum absolute atomic E-state index is 0.448. The van der Waals surface area contributed by atoms with Gasteiger partial charge in [-0.25, -0.2) is 0 Å². The molecule has 0 amide bonds. The van der Waals surface area contributed by atoms with E-state index in [0.717, 1.165) is 11.6 Å². The van der Waals surface area contributed by atoms with E-state index in [2.05, 4.69) is 22.4 Å². The molecule has 2 atom stereocenters. The van der Waals surface area contributed by atoms with Crippen LogP contribution in [0.15, 0.2) is 12.3 Å². The molecule has 0 radical (unpaired) electrons. The largest absolute Gasteiger partial charge is 0.381 e. The predicted octanol–water partition coefficient (Wildman–Crippen LogP) is 3.12. The number of hydrogen-bond donors (Lipinski definition) is 1. The molecule has 0 aliphatic heterocycles. The van der Waals surface area contributed by atoms with E-state index in [1.54, 1.807) is 6.20 Å². The van der Waals surface area contributed by atoms with Crippen molar-refractivity contribution in [3.8, 4) is 0 Å². The quantitative estimate of drug-likeness (QED) is 0.841. The Morgan fingerprint density at radius 2 is 2.20 bits per heavy atom. The molecule has 1 saturated carbocycles. The number of nitrogens with one attached hydrogen (secondary N) is 1. The van der Waals surface area contributed by atoms with Crippen LogP contribution < -0.4 is 5.32 Å². The summed E-state index contributed by atoms with van der Waals surface area (Å²) in [5.41, 5.74) is 0.980. The van der Waals surface area contributed by atoms with Gasteiger partial charge in [-0.05, 0) is 18.8 Å². The maximum atomic E-state index is 5.79. The summed E-state index contributed by atoms with van der Waals surface area (Å²) in [4.78, 5) is 0. The summed E-state index contributed by atoms with van der Waals surface area (Å²) in [7, 11) is 0. The lowest BCUT2D eigenvalue weighted by molar-refractivity contribution is 0.349. The van der Waals surface area contributed by atoms with Gasteiger partial charge in [0, 0.05) is 12.1 Å². The molecule has 3 nitrogen and oxygen atoms in total. The smallest absolute Gasteiger partial charge is 0.153 e. The zero-order chi connectivity index (χ0) is 10.7. The van der Waals surface area contributed by atoms with E-state index >= 15 is 0 Å². The molecule has 2 unspecified atom stereocenters. The average molecular weight is 226 g/mol. The highest BCUT2D eigenvalue weighted by Crippen LogP contribution is 2.26. The maximum Gasteiger partial charge on any atom is 0.153 e. The number of rotatable bonds is 2. The Balaban J connectivity index is 2.01. The Hall–Kier alpha value is -0.830. The highest BCUT2D eigenvalue weighted by molar-refractivity contribution is 6.29. The fraction of sp³-hybridized carbons (Fsp3) is 0.636. The standard InChI is InChI=1S/C11H16ClN3/c1-8-4-2-3-5-10(8)14-9-6-11(12)15-13-7-9/h6-8,10H,2-5H2,1H3,(H,14,15). The average Bonchev–Trinajstić information content (AvgIpc) is 2.22. The van der Waals surface area contributed by atoms with E-state index in [1.165, 1.54) is 25.7 Å². The van der Waals surface area contributed by atoms with Gasteiger partial charge in [0.25, 0.3) is 0 Å². The van der Waals surface area contributed by atoms with Crippen molar-refractivity contribution in [3.05, 3.63) is 17.4 Å². The first-order valence-electron chi connectivity index (χ1n) is 5.50. The zero-order valence-corrected chi connectivity index (χ0v) is 9.67. The van der Waals surface area contributed by atoms with Crippen molar-refractivity contribution in [1.29, 1.82) is 0 Å². The number of hydrogen-bond acceptors (Lipinski definition) is 3. The molecule has 0 saturated heterocycles. The molecule has 1 N–H and O–H groups in total. The summed E-state index contributed by atoms with van der Waals surface area (Å²) in [6.45, 7) is 2.30. The summed E-state index contributed by atoms with van der Waals surface area (Å²) in [5, 5.41) is 11.5. The second-order valence-electron chi connectivity index (χ2n) is 4.28. The zero-order valence-electron chi connectivity index (χ0n) is 8.91. The molecule has 1 aromatic rings. The summed E-state index contributed by atoms with van der Waals surface area (Å²) >= 11 is 5.79. The van der Waals surface area contributed by atoms with Crippen LogP contribution in [0, 0.1) is 5.92 Å². The summed E-state index contributed by atoms with van der Waals surface area (Å²) < 4.78 is 0. The maximum absolute atomic E-state index is 5.79. The van der Waals surface area contributed by atoms with Gasteiger partial charge in [0.15, 0.2) is 5.15 Å². The minimum Gasteiger partial charge on any atom is -0.381 e. The first-order valence-corrected chi connectivity index (χ1v) is 5.88. The van der Waals surface area contributed by atoms with Crippen LogP contribution in [0.4, 0.5) is 5.69 Å². The molecule has 0 spiro atoms. The third-order valence-corrected chi connectivity index (χ3v) is 3.27. The van der Waals surface area contributed by atoms with Gasteiger partial charge < -0.3 is 5.32 Å². The molecule has 1 aromatic heterocycles. The van der Waals surface area contributed by atoms with Crippen LogP contribution in [0.5, 0.6) is 0 Å². The van der Waals surface area contributed by atoms with Gasteiger partial charge >= 0.3 is 0 Å². The van der Waals surface area contributed by atoms with Crippen LogP contribution in [0.2, 0.25) is 5.15 Å². The van der Waals surface area contributed by atoms with Crippen molar-refractivity contribution < 1.29 is 0 Å². The molecule has 4 heteroatoms. The molecule has 0 bridgehead atoms. The summed E-state index contributed by atoms with van der Waals surface area (Å²) in [6, 6.07) is 2.38. The van der Waals surface area contributed by atoms with E-state index in [9.17, 15) is 0 Å². The molecule has 0 aromatic carbocycles. The van der Waals surface area contributed by atoms with Crippen LogP contribution >= 0.6 is 11.6 Å². The van der Waals surface area contributed by atoms with Crippen LogP contribution in [0.3, 0.4) is 0 Å². The second-order valence-corrected chi connectivity index (χ2v) is 4.67. The van der Waals surface area contributed by atoms with Gasteiger partial charge in [-0.1, -0.05) is 31.4 Å². The third-order valence-electron chi connectivity index (χ3n) is 3.09. The van der Waals surface area contributed by atoms with Crippen LogP contribution in [-0.2, 0) is 0 Å². The monoisotopic (exact) mass is 225 g/mol. The van der Waals surface area contributed by atoms with E-state index in [0.29, 0.717) is 11.2 Å². The SMILES string of the molecule is CC1CCCCC1Nc1cnnc(Cl)c1. The molecule has 82 valence electrons. The summed E-state index contributed by atoms with van der Waals surface area (Å²) in [5.74, 6) is 0.727. The third kappa shape index (κ3) is 2.81. The lowest BCUT2D eigenvalue weighted by Gasteiger charge is -2.30. The van der Waals surface area contributed by atoms with Crippen molar-refractivity contribution in [3.63, 3.8) is 0 Å². The molecular weight excluding hydrogens is 210 g/mol. The van der Waals surface area contributed by atoms with Gasteiger partial charge in [-0.2, -0.15) is 5.10 Å². The molecule has 1 aliphatic carbocycles. The Labute approximate surface area is 95.2 Å². The van der Waals surface area contributed by atoms with Crippen LogP contribution in [0.25, 0.3) is 0 Å². The van der Waals surface area contributed by atoms with Crippen molar-refractivity contribution >= 4 is 17.3 Å². The van der Waals surface area contributed by atoms with Crippen molar-refractivity contribution in [2.24, 2.45) is 5.92 Å². The Morgan fingerprint density at radius 1 is 1.40 bits per heavy atom. The van der Waals surface area contributed by atoms with Crippen LogP contribution in [-0.4, -0.2) is 16.2 Å². The minimum atomic E-state index is 0.448. The van der Waals surface area contributed by atoms with Gasteiger partial charge in [0.1, 0.15) is 0 Å². The lowest BCUT2D eigenvalue weighted by atomic mass is 9.86. The van der Waals surface area contributed by atoms with Crippen molar-refractivity contribution in [2.45, 2.75) is 38.6 Å². The summed E-state index contributed by atoms with van der Waals surface area (Å²) in [6.07, 6.45) is 6.95. The molecule has 2 rings (SSSR count). The number of nitrogens with zero attached hydrogens (tertiary/aromatic N) is 2. The Kier molecular flexibility index (Phi) is 3.41. The van der Waals surface area contributed by atoms with E-state index < -0.39 is 0 Å². The predicted molar refractivity (Wildman–Crippen MR) is 62.1 cm³/mol. The molecule has 15 heavy (non-hydrogen) atoms. The van der Waals surface area contributed by atoms with Gasteiger partial charge in [0.05, 0.1) is 11.9 Å². The second kappa shape index (κ2) is 4.79. The first kappa shape index (κ1) is 10.7. The van der Waals surface area contributed by atoms with Crippen LogP contribution in [0.1, 0.15) is 32.6 Å². The van der Waals surface area contributed by atoms with Gasteiger partial charge in [0.2, 0.25) is 0 Å². The Morgan fingerprint density at radius 3 is 2.93 bits per heavy atom. The number of anilines is 1. The van der Waals surface area contributed by atoms with Crippen molar-refractivity contribution in [2.75, 3.05) is 5.32 Å². The van der Waals surface area contributed by atoms with E-state index in [-0.39, 0.29) is 0 Å². The van der Waals surface area contributed by atoms with Gasteiger partial charge in [-0.15, -0.1) is 5.10 Å². The number of aromatic nitrogens is 2. The van der Waals surface area contributed by atoms with Crippen molar-refractivity contribution in [1.82, 2.24) is 10.2 Å². The highest BCUT2D eigenvalue weighted by Gasteiger charge is 2.20. The topological polar surface area (TPSA) is 37.8 Å². The molecule has 1 aliphatic rings. The number of halogens is 1.